The number of nitrogens with one attached hydrogen (secondary N) is 1. The maximum atomic E-state index is 12.2. The van der Waals surface area contributed by atoms with Crippen molar-refractivity contribution in [3.63, 3.8) is 0 Å². The quantitative estimate of drug-likeness (QED) is 0.519. The Morgan fingerprint density at radius 3 is 2.67 bits per heavy atom. The summed E-state index contributed by atoms with van der Waals surface area (Å²) in [6, 6.07) is 2.86. The number of hydrogen-bond acceptors (Lipinski definition) is 4. The standard InChI is InChI=1S/C13H20BrClN2O3S/c1-9(2)20-6-4-3-5-17-21(18,19)12-8-10(15)7-11(16)13(12)14/h7-9,17H,3-6,16H2,1-2H3. The fourth-order valence-corrected chi connectivity index (χ4v) is 3.97. The van der Waals surface area contributed by atoms with Crippen LogP contribution >= 0.6 is 27.5 Å². The van der Waals surface area contributed by atoms with Crippen molar-refractivity contribution in [1.29, 1.82) is 0 Å². The van der Waals surface area contributed by atoms with Crippen molar-refractivity contribution in [3.8, 4) is 0 Å². The highest BCUT2D eigenvalue weighted by Crippen LogP contribution is 2.31. The van der Waals surface area contributed by atoms with Gasteiger partial charge in [-0.05, 0) is 54.8 Å². The third-order valence-electron chi connectivity index (χ3n) is 2.64. The summed E-state index contributed by atoms with van der Waals surface area (Å²) in [6.07, 6.45) is 1.67. The van der Waals surface area contributed by atoms with Crippen molar-refractivity contribution in [2.75, 3.05) is 18.9 Å². The van der Waals surface area contributed by atoms with Gasteiger partial charge >= 0.3 is 0 Å². The molecule has 0 spiro atoms. The summed E-state index contributed by atoms with van der Waals surface area (Å²) in [4.78, 5) is 0.0472. The number of anilines is 1. The maximum absolute atomic E-state index is 12.2. The smallest absolute Gasteiger partial charge is 0.241 e. The van der Waals surface area contributed by atoms with Crippen molar-refractivity contribution >= 4 is 43.2 Å². The zero-order valence-electron chi connectivity index (χ0n) is 12.0. The molecule has 8 heteroatoms. The molecule has 0 saturated heterocycles. The molecule has 21 heavy (non-hydrogen) atoms. The first-order valence-electron chi connectivity index (χ1n) is 6.60. The topological polar surface area (TPSA) is 81.4 Å². The van der Waals surface area contributed by atoms with E-state index < -0.39 is 10.0 Å². The Labute approximate surface area is 139 Å². The molecule has 0 heterocycles. The fourth-order valence-electron chi connectivity index (χ4n) is 1.61. The van der Waals surface area contributed by atoms with E-state index in [1.54, 1.807) is 0 Å². The predicted molar refractivity (Wildman–Crippen MR) is 89.1 cm³/mol. The normalized spacial score (nSPS) is 12.0. The Balaban J connectivity index is 2.59. The molecule has 0 aliphatic rings. The summed E-state index contributed by atoms with van der Waals surface area (Å²) in [5, 5.41) is 0.279. The summed E-state index contributed by atoms with van der Waals surface area (Å²) in [6.45, 7) is 4.88. The van der Waals surface area contributed by atoms with E-state index in [0.717, 1.165) is 6.42 Å². The van der Waals surface area contributed by atoms with Gasteiger partial charge in [-0.1, -0.05) is 11.6 Å². The van der Waals surface area contributed by atoms with Crippen LogP contribution in [0.3, 0.4) is 0 Å². The molecule has 0 aromatic heterocycles. The van der Waals surface area contributed by atoms with Gasteiger partial charge < -0.3 is 10.5 Å². The highest BCUT2D eigenvalue weighted by Gasteiger charge is 2.19. The Morgan fingerprint density at radius 1 is 1.38 bits per heavy atom. The number of sulfonamides is 1. The molecule has 120 valence electrons. The molecule has 0 radical (unpaired) electrons. The summed E-state index contributed by atoms with van der Waals surface area (Å²) in [5.74, 6) is 0. The van der Waals surface area contributed by atoms with Crippen LogP contribution in [0, 0.1) is 0 Å². The molecule has 1 aromatic carbocycles. The van der Waals surface area contributed by atoms with Crippen LogP contribution in [0.25, 0.3) is 0 Å². The number of benzene rings is 1. The first-order chi connectivity index (χ1) is 9.74. The largest absolute Gasteiger partial charge is 0.398 e. The average Bonchev–Trinajstić information content (AvgIpc) is 2.37. The van der Waals surface area contributed by atoms with Crippen LogP contribution in [0.15, 0.2) is 21.5 Å². The van der Waals surface area contributed by atoms with Crippen LogP contribution in [0.4, 0.5) is 5.69 Å². The van der Waals surface area contributed by atoms with E-state index in [9.17, 15) is 8.42 Å². The molecule has 0 unspecified atom stereocenters. The minimum atomic E-state index is -3.64. The van der Waals surface area contributed by atoms with Gasteiger partial charge in [0.25, 0.3) is 0 Å². The van der Waals surface area contributed by atoms with Crippen LogP contribution in [0.5, 0.6) is 0 Å². The van der Waals surface area contributed by atoms with E-state index in [2.05, 4.69) is 20.7 Å². The van der Waals surface area contributed by atoms with Crippen LogP contribution in [-0.2, 0) is 14.8 Å². The Bertz CT molecular complexity index is 579. The zero-order chi connectivity index (χ0) is 16.0. The van der Waals surface area contributed by atoms with Crippen molar-refractivity contribution in [2.45, 2.75) is 37.7 Å². The summed E-state index contributed by atoms with van der Waals surface area (Å²) >= 11 is 9.03. The van der Waals surface area contributed by atoms with E-state index in [1.807, 2.05) is 13.8 Å². The summed E-state index contributed by atoms with van der Waals surface area (Å²) in [5.41, 5.74) is 5.99. The maximum Gasteiger partial charge on any atom is 0.241 e. The molecule has 0 amide bonds. The number of halogens is 2. The Morgan fingerprint density at radius 2 is 2.05 bits per heavy atom. The lowest BCUT2D eigenvalue weighted by molar-refractivity contribution is 0.0762. The minimum Gasteiger partial charge on any atom is -0.398 e. The van der Waals surface area contributed by atoms with Gasteiger partial charge in [0, 0.05) is 23.9 Å². The zero-order valence-corrected chi connectivity index (χ0v) is 15.2. The van der Waals surface area contributed by atoms with E-state index >= 15 is 0 Å². The van der Waals surface area contributed by atoms with Gasteiger partial charge in [0.2, 0.25) is 10.0 Å². The van der Waals surface area contributed by atoms with E-state index in [-0.39, 0.29) is 21.7 Å². The monoisotopic (exact) mass is 398 g/mol. The Hall–Kier alpha value is -0.340. The van der Waals surface area contributed by atoms with Crippen LogP contribution in [0.2, 0.25) is 5.02 Å². The first kappa shape index (κ1) is 18.7. The van der Waals surface area contributed by atoms with Crippen LogP contribution in [-0.4, -0.2) is 27.7 Å². The van der Waals surface area contributed by atoms with Crippen molar-refractivity contribution in [3.05, 3.63) is 21.6 Å². The molecule has 0 aliphatic heterocycles. The fraction of sp³-hybridized carbons (Fsp3) is 0.538. The number of unbranched alkanes of at least 4 members (excludes halogenated alkanes) is 1. The second-order valence-electron chi connectivity index (χ2n) is 4.83. The Kier molecular flexibility index (Phi) is 7.42. The molecule has 0 saturated carbocycles. The van der Waals surface area contributed by atoms with Gasteiger partial charge in [-0.2, -0.15) is 0 Å². The van der Waals surface area contributed by atoms with Gasteiger partial charge in [-0.3, -0.25) is 0 Å². The van der Waals surface area contributed by atoms with E-state index in [4.69, 9.17) is 22.1 Å². The summed E-state index contributed by atoms with van der Waals surface area (Å²) in [7, 11) is -3.64. The first-order valence-corrected chi connectivity index (χ1v) is 9.25. The molecule has 3 N–H and O–H groups in total. The van der Waals surface area contributed by atoms with Gasteiger partial charge in [0.1, 0.15) is 0 Å². The molecular formula is C13H20BrClN2O3S. The molecule has 0 aliphatic carbocycles. The molecule has 1 rings (SSSR count). The lowest BCUT2D eigenvalue weighted by Crippen LogP contribution is -2.25. The minimum absolute atomic E-state index is 0.0472. The predicted octanol–water partition coefficient (Wildman–Crippen LogP) is 3.17. The van der Waals surface area contributed by atoms with E-state index in [1.165, 1.54) is 12.1 Å². The van der Waals surface area contributed by atoms with Crippen molar-refractivity contribution < 1.29 is 13.2 Å². The highest BCUT2D eigenvalue weighted by molar-refractivity contribution is 9.10. The lowest BCUT2D eigenvalue weighted by Gasteiger charge is -2.11. The second kappa shape index (κ2) is 8.33. The van der Waals surface area contributed by atoms with Crippen LogP contribution in [0.1, 0.15) is 26.7 Å². The number of hydrogen-bond donors (Lipinski definition) is 2. The highest BCUT2D eigenvalue weighted by atomic mass is 79.9. The SMILES string of the molecule is CC(C)OCCCCNS(=O)(=O)c1cc(Cl)cc(N)c1Br. The van der Waals surface area contributed by atoms with E-state index in [0.29, 0.717) is 24.0 Å². The molecule has 1 aromatic rings. The summed E-state index contributed by atoms with van der Waals surface area (Å²) < 4.78 is 32.7. The third-order valence-corrected chi connectivity index (χ3v) is 5.49. The van der Waals surface area contributed by atoms with Crippen molar-refractivity contribution in [1.82, 2.24) is 4.72 Å². The van der Waals surface area contributed by atoms with Gasteiger partial charge in [0.05, 0.1) is 15.5 Å². The van der Waals surface area contributed by atoms with Gasteiger partial charge in [-0.15, -0.1) is 0 Å². The molecular weight excluding hydrogens is 380 g/mol. The van der Waals surface area contributed by atoms with Crippen molar-refractivity contribution in [2.24, 2.45) is 0 Å². The average molecular weight is 400 g/mol. The molecule has 5 nitrogen and oxygen atoms in total. The number of rotatable bonds is 8. The number of nitrogen functional groups attached to an aromatic ring is 1. The number of ether oxygens (including phenoxy) is 1. The number of nitrogens with two attached hydrogens (primary N) is 1. The second-order valence-corrected chi connectivity index (χ2v) is 7.80. The lowest BCUT2D eigenvalue weighted by atomic mass is 10.3. The molecule has 0 fully saturated rings. The van der Waals surface area contributed by atoms with Gasteiger partial charge in [0.15, 0.2) is 0 Å². The molecule has 0 atom stereocenters. The van der Waals surface area contributed by atoms with Gasteiger partial charge in [-0.25, -0.2) is 13.1 Å². The van der Waals surface area contributed by atoms with Crippen LogP contribution < -0.4 is 10.5 Å². The molecule has 0 bridgehead atoms. The third kappa shape index (κ3) is 6.12.